The van der Waals surface area contributed by atoms with E-state index in [1.54, 1.807) is 0 Å². The number of rotatable bonds is 5. The predicted molar refractivity (Wildman–Crippen MR) is 106 cm³/mol. The van der Waals surface area contributed by atoms with E-state index in [1.807, 2.05) is 0 Å². The molecule has 1 saturated heterocycles. The summed E-state index contributed by atoms with van der Waals surface area (Å²) < 4.78 is 32.8. The Bertz CT molecular complexity index is 853. The minimum Gasteiger partial charge on any atom is -0.379 e. The van der Waals surface area contributed by atoms with Crippen LogP contribution in [0.1, 0.15) is 33.1 Å². The molecular formula is C18H26N4O5S. The van der Waals surface area contributed by atoms with Crippen LogP contribution < -0.4 is 5.43 Å². The fourth-order valence-corrected chi connectivity index (χ4v) is 5.28. The Kier molecular flexibility index (Phi) is 6.31. The molecule has 2 aliphatic rings. The van der Waals surface area contributed by atoms with E-state index in [0.717, 1.165) is 31.0 Å². The van der Waals surface area contributed by atoms with Crippen molar-refractivity contribution in [1.82, 2.24) is 4.31 Å². The number of morpholine rings is 1. The van der Waals surface area contributed by atoms with Crippen molar-refractivity contribution in [3.63, 3.8) is 0 Å². The number of hydrazone groups is 1. The third-order valence-electron chi connectivity index (χ3n) is 5.35. The van der Waals surface area contributed by atoms with Gasteiger partial charge in [0, 0.05) is 30.9 Å². The zero-order valence-corrected chi connectivity index (χ0v) is 16.9. The quantitative estimate of drug-likeness (QED) is 0.590. The smallest absolute Gasteiger partial charge is 0.270 e. The van der Waals surface area contributed by atoms with Gasteiger partial charge < -0.3 is 4.74 Å². The van der Waals surface area contributed by atoms with Gasteiger partial charge in [0.2, 0.25) is 10.0 Å². The summed E-state index contributed by atoms with van der Waals surface area (Å²) in [4.78, 5) is 10.5. The Hall–Kier alpha value is -2.04. The summed E-state index contributed by atoms with van der Waals surface area (Å²) >= 11 is 0. The lowest BCUT2D eigenvalue weighted by molar-refractivity contribution is -0.385. The number of nitro benzene ring substituents is 1. The van der Waals surface area contributed by atoms with Gasteiger partial charge in [0.05, 0.1) is 23.8 Å². The number of nitro groups is 1. The van der Waals surface area contributed by atoms with Gasteiger partial charge in [-0.1, -0.05) is 20.3 Å². The third-order valence-corrected chi connectivity index (χ3v) is 7.29. The fraction of sp³-hybridized carbons (Fsp3) is 0.611. The standard InChI is InChI=1S/C18H26N4O5S/c1-13-4-3-5-14(2)18(13)20-19-16-7-6-15(22(23)24)12-17(16)28(25,26)21-8-10-27-11-9-21/h6-7,12-14,19H,3-5,8-11H2,1-2H3/t13-,14-/m1/s1. The van der Waals surface area contributed by atoms with Crippen molar-refractivity contribution in [2.45, 2.75) is 38.0 Å². The maximum Gasteiger partial charge on any atom is 0.270 e. The van der Waals surface area contributed by atoms with E-state index in [9.17, 15) is 18.5 Å². The van der Waals surface area contributed by atoms with Crippen LogP contribution in [0.4, 0.5) is 11.4 Å². The molecule has 0 bridgehead atoms. The first kappa shape index (κ1) is 20.7. The van der Waals surface area contributed by atoms with E-state index < -0.39 is 14.9 Å². The Balaban J connectivity index is 1.97. The topological polar surface area (TPSA) is 114 Å². The number of non-ortho nitro benzene ring substituents is 1. The first-order valence-electron chi connectivity index (χ1n) is 9.50. The van der Waals surface area contributed by atoms with Crippen LogP contribution in [0.2, 0.25) is 0 Å². The van der Waals surface area contributed by atoms with Crippen LogP contribution in [0.5, 0.6) is 0 Å². The van der Waals surface area contributed by atoms with Crippen LogP contribution in [0.25, 0.3) is 0 Å². The van der Waals surface area contributed by atoms with Crippen molar-refractivity contribution in [1.29, 1.82) is 0 Å². The highest BCUT2D eigenvalue weighted by Gasteiger charge is 2.31. The highest BCUT2D eigenvalue weighted by molar-refractivity contribution is 7.89. The third kappa shape index (κ3) is 4.34. The van der Waals surface area contributed by atoms with Gasteiger partial charge in [0.1, 0.15) is 4.90 Å². The number of sulfonamides is 1. The molecule has 1 N–H and O–H groups in total. The Morgan fingerprint density at radius 1 is 1.21 bits per heavy atom. The van der Waals surface area contributed by atoms with E-state index in [-0.39, 0.29) is 29.4 Å². The predicted octanol–water partition coefficient (Wildman–Crippen LogP) is 2.84. The Labute approximate surface area is 165 Å². The Morgan fingerprint density at radius 3 is 2.46 bits per heavy atom. The number of hydrogen-bond acceptors (Lipinski definition) is 7. The van der Waals surface area contributed by atoms with E-state index in [1.165, 1.54) is 16.4 Å². The molecule has 28 heavy (non-hydrogen) atoms. The Morgan fingerprint density at radius 2 is 1.86 bits per heavy atom. The lowest BCUT2D eigenvalue weighted by atomic mass is 9.81. The number of benzene rings is 1. The molecule has 0 radical (unpaired) electrons. The molecule has 0 aromatic heterocycles. The normalized spacial score (nSPS) is 24.0. The van der Waals surface area contributed by atoms with Crippen molar-refractivity contribution >= 4 is 27.1 Å². The summed E-state index contributed by atoms with van der Waals surface area (Å²) in [5.41, 5.74) is 3.85. The van der Waals surface area contributed by atoms with Crippen molar-refractivity contribution in [3.8, 4) is 0 Å². The molecule has 154 valence electrons. The number of nitrogens with one attached hydrogen (secondary N) is 1. The lowest BCUT2D eigenvalue weighted by Gasteiger charge is -2.28. The minimum atomic E-state index is -3.91. The van der Waals surface area contributed by atoms with Gasteiger partial charge >= 0.3 is 0 Å². The van der Waals surface area contributed by atoms with Crippen molar-refractivity contribution in [2.24, 2.45) is 16.9 Å². The van der Waals surface area contributed by atoms with Crippen molar-refractivity contribution < 1.29 is 18.1 Å². The number of anilines is 1. The minimum absolute atomic E-state index is 0.135. The first-order valence-corrected chi connectivity index (χ1v) is 10.9. The summed E-state index contributed by atoms with van der Waals surface area (Å²) in [7, 11) is -3.91. The summed E-state index contributed by atoms with van der Waals surface area (Å²) in [6, 6.07) is 3.79. The summed E-state index contributed by atoms with van der Waals surface area (Å²) in [5.74, 6) is 0.627. The maximum absolute atomic E-state index is 13.1. The van der Waals surface area contributed by atoms with Crippen LogP contribution in [0, 0.1) is 22.0 Å². The van der Waals surface area contributed by atoms with Crippen LogP contribution >= 0.6 is 0 Å². The lowest BCUT2D eigenvalue weighted by Crippen LogP contribution is -2.40. The van der Waals surface area contributed by atoms with Gasteiger partial charge in [0.15, 0.2) is 0 Å². The SMILES string of the molecule is C[C@@H]1CCC[C@@H](C)C1=NNc1ccc([N+](=O)[O-])cc1S(=O)(=O)N1CCOCC1. The largest absolute Gasteiger partial charge is 0.379 e. The summed E-state index contributed by atoms with van der Waals surface area (Å²) in [6.45, 7) is 5.25. The van der Waals surface area contributed by atoms with Crippen LogP contribution in [0.15, 0.2) is 28.2 Å². The second kappa shape index (κ2) is 8.54. The molecule has 1 aliphatic carbocycles. The average Bonchev–Trinajstić information content (AvgIpc) is 2.68. The van der Waals surface area contributed by atoms with Gasteiger partial charge in [0.25, 0.3) is 5.69 Å². The van der Waals surface area contributed by atoms with Crippen LogP contribution in [0.3, 0.4) is 0 Å². The van der Waals surface area contributed by atoms with Crippen LogP contribution in [-0.4, -0.2) is 49.7 Å². The summed E-state index contributed by atoms with van der Waals surface area (Å²) in [6.07, 6.45) is 3.24. The zero-order valence-electron chi connectivity index (χ0n) is 16.1. The molecule has 1 heterocycles. The van der Waals surface area contributed by atoms with E-state index in [2.05, 4.69) is 24.4 Å². The van der Waals surface area contributed by atoms with Gasteiger partial charge in [-0.15, -0.1) is 0 Å². The fourth-order valence-electron chi connectivity index (χ4n) is 3.71. The number of ether oxygens (including phenoxy) is 1. The number of hydrogen-bond donors (Lipinski definition) is 1. The zero-order chi connectivity index (χ0) is 20.3. The second-order valence-electron chi connectivity index (χ2n) is 7.34. The van der Waals surface area contributed by atoms with Gasteiger partial charge in [-0.2, -0.15) is 9.41 Å². The summed E-state index contributed by atoms with van der Waals surface area (Å²) in [5, 5.41) is 15.7. The monoisotopic (exact) mass is 410 g/mol. The van der Waals surface area contributed by atoms with Crippen LogP contribution in [-0.2, 0) is 14.8 Å². The average molecular weight is 410 g/mol. The van der Waals surface area contributed by atoms with E-state index in [4.69, 9.17) is 4.74 Å². The second-order valence-corrected chi connectivity index (χ2v) is 9.24. The molecule has 0 spiro atoms. The molecule has 1 aromatic carbocycles. The molecule has 0 unspecified atom stereocenters. The van der Waals surface area contributed by atoms with E-state index >= 15 is 0 Å². The number of nitrogens with zero attached hydrogens (tertiary/aromatic N) is 3. The maximum atomic E-state index is 13.1. The van der Waals surface area contributed by atoms with Gasteiger partial charge in [-0.25, -0.2) is 8.42 Å². The molecule has 10 heteroatoms. The molecule has 9 nitrogen and oxygen atoms in total. The molecule has 1 aliphatic heterocycles. The van der Waals surface area contributed by atoms with Crippen molar-refractivity contribution in [3.05, 3.63) is 28.3 Å². The molecule has 2 fully saturated rings. The van der Waals surface area contributed by atoms with Gasteiger partial charge in [-0.05, 0) is 30.7 Å². The first-order chi connectivity index (χ1) is 13.3. The van der Waals surface area contributed by atoms with Crippen molar-refractivity contribution in [2.75, 3.05) is 31.7 Å². The molecule has 1 aromatic rings. The molecule has 3 rings (SSSR count). The molecular weight excluding hydrogens is 384 g/mol. The molecule has 1 saturated carbocycles. The highest BCUT2D eigenvalue weighted by Crippen LogP contribution is 2.31. The molecule has 0 amide bonds. The van der Waals surface area contributed by atoms with E-state index in [0.29, 0.717) is 25.0 Å². The highest BCUT2D eigenvalue weighted by atomic mass is 32.2. The van der Waals surface area contributed by atoms with Gasteiger partial charge in [-0.3, -0.25) is 15.5 Å². The molecule has 2 atom stereocenters.